The van der Waals surface area contributed by atoms with Gasteiger partial charge in [-0.15, -0.1) is 0 Å². The zero-order chi connectivity index (χ0) is 16.1. The van der Waals surface area contributed by atoms with Crippen molar-refractivity contribution in [3.63, 3.8) is 0 Å². The lowest BCUT2D eigenvalue weighted by Gasteiger charge is -2.06. The van der Waals surface area contributed by atoms with Gasteiger partial charge in [-0.25, -0.2) is 14.4 Å². The number of nitrogens with zero attached hydrogens (tertiary/aromatic N) is 2. The summed E-state index contributed by atoms with van der Waals surface area (Å²) in [4.78, 5) is 20.3. The number of benzene rings is 1. The highest BCUT2D eigenvalue weighted by Crippen LogP contribution is 2.11. The van der Waals surface area contributed by atoms with Gasteiger partial charge in [0.15, 0.2) is 0 Å². The first-order chi connectivity index (χ1) is 11.2. The summed E-state index contributed by atoms with van der Waals surface area (Å²) in [7, 11) is 0. The number of amides is 1. The highest BCUT2D eigenvalue weighted by Gasteiger charge is 2.09. The van der Waals surface area contributed by atoms with Gasteiger partial charge in [0, 0.05) is 11.9 Å². The van der Waals surface area contributed by atoms with E-state index >= 15 is 0 Å². The molecule has 0 bridgehead atoms. The van der Waals surface area contributed by atoms with Crippen LogP contribution in [0.4, 0.5) is 16.0 Å². The predicted octanol–water partition coefficient (Wildman–Crippen LogP) is 3.07. The van der Waals surface area contributed by atoms with Gasteiger partial charge < -0.3 is 15.1 Å². The molecule has 0 spiro atoms. The van der Waals surface area contributed by atoms with Crippen LogP contribution in [0.2, 0.25) is 0 Å². The van der Waals surface area contributed by atoms with Gasteiger partial charge in [-0.3, -0.25) is 4.79 Å². The van der Waals surface area contributed by atoms with Crippen LogP contribution < -0.4 is 10.6 Å². The minimum atomic E-state index is -0.403. The van der Waals surface area contributed by atoms with Crippen LogP contribution >= 0.6 is 0 Å². The molecule has 0 unspecified atom stereocenters. The van der Waals surface area contributed by atoms with E-state index in [1.165, 1.54) is 36.5 Å². The maximum atomic E-state index is 12.9. The summed E-state index contributed by atoms with van der Waals surface area (Å²) in [6.07, 6.45) is 3.06. The fourth-order valence-corrected chi connectivity index (χ4v) is 1.88. The quantitative estimate of drug-likeness (QED) is 0.757. The fourth-order valence-electron chi connectivity index (χ4n) is 1.88. The van der Waals surface area contributed by atoms with E-state index in [9.17, 15) is 9.18 Å². The molecule has 0 fully saturated rings. The number of hydrogen-bond donors (Lipinski definition) is 2. The molecule has 116 valence electrons. The molecule has 6 nitrogen and oxygen atoms in total. The van der Waals surface area contributed by atoms with Crippen LogP contribution in [-0.4, -0.2) is 15.9 Å². The average molecular weight is 312 g/mol. The lowest BCUT2D eigenvalue weighted by molar-refractivity contribution is 0.102. The summed E-state index contributed by atoms with van der Waals surface area (Å²) in [6.45, 7) is 0.413. The average Bonchev–Trinajstić information content (AvgIpc) is 3.09. The molecular weight excluding hydrogens is 299 g/mol. The van der Waals surface area contributed by atoms with E-state index in [2.05, 4.69) is 20.6 Å². The number of aromatic nitrogens is 2. The molecule has 2 heterocycles. The molecule has 7 heteroatoms. The summed E-state index contributed by atoms with van der Waals surface area (Å²) >= 11 is 0. The first-order valence-corrected chi connectivity index (χ1v) is 6.87. The van der Waals surface area contributed by atoms with Crippen molar-refractivity contribution in [1.82, 2.24) is 9.97 Å². The summed E-state index contributed by atoms with van der Waals surface area (Å²) < 4.78 is 18.0. The van der Waals surface area contributed by atoms with Crippen LogP contribution in [0.15, 0.2) is 59.3 Å². The number of furan rings is 1. The summed E-state index contributed by atoms with van der Waals surface area (Å²) in [5.74, 6) is 0.275. The standard InChI is InChI=1S/C16H13FN4O2/c17-11-3-5-12(6-4-11)20-15(22)14-7-8-18-16(21-14)19-10-13-2-1-9-23-13/h1-9H,10H2,(H,20,22)(H,18,19,21). The van der Waals surface area contributed by atoms with Crippen LogP contribution in [0, 0.1) is 5.82 Å². The van der Waals surface area contributed by atoms with Gasteiger partial charge in [0.05, 0.1) is 12.8 Å². The maximum Gasteiger partial charge on any atom is 0.274 e. The third-order valence-corrected chi connectivity index (χ3v) is 2.99. The molecule has 2 aromatic heterocycles. The molecular formula is C16H13FN4O2. The molecule has 0 aliphatic heterocycles. The Bertz CT molecular complexity index is 788. The van der Waals surface area contributed by atoms with E-state index in [4.69, 9.17) is 4.42 Å². The number of carbonyl (C=O) groups excluding carboxylic acids is 1. The molecule has 1 aromatic carbocycles. The minimum absolute atomic E-state index is 0.200. The van der Waals surface area contributed by atoms with Gasteiger partial charge in [0.25, 0.3) is 5.91 Å². The zero-order valence-corrected chi connectivity index (χ0v) is 12.0. The van der Waals surface area contributed by atoms with Crippen molar-refractivity contribution >= 4 is 17.5 Å². The third kappa shape index (κ3) is 3.91. The van der Waals surface area contributed by atoms with Crippen molar-refractivity contribution in [2.24, 2.45) is 0 Å². The summed E-state index contributed by atoms with van der Waals surface area (Å²) in [6, 6.07) is 10.6. The first-order valence-electron chi connectivity index (χ1n) is 6.87. The van der Waals surface area contributed by atoms with Crippen molar-refractivity contribution < 1.29 is 13.6 Å². The van der Waals surface area contributed by atoms with Crippen LogP contribution in [0.1, 0.15) is 16.2 Å². The lowest BCUT2D eigenvalue weighted by Crippen LogP contribution is -2.15. The van der Waals surface area contributed by atoms with Gasteiger partial charge in [-0.2, -0.15) is 0 Å². The Kier molecular flexibility index (Phi) is 4.28. The molecule has 0 radical (unpaired) electrons. The van der Waals surface area contributed by atoms with Crippen molar-refractivity contribution in [3.8, 4) is 0 Å². The van der Waals surface area contributed by atoms with Crippen molar-refractivity contribution in [3.05, 3.63) is 72.2 Å². The van der Waals surface area contributed by atoms with Gasteiger partial charge in [0.1, 0.15) is 17.3 Å². The molecule has 3 rings (SSSR count). The highest BCUT2D eigenvalue weighted by atomic mass is 19.1. The third-order valence-electron chi connectivity index (χ3n) is 2.99. The van der Waals surface area contributed by atoms with Gasteiger partial charge in [-0.1, -0.05) is 0 Å². The Hall–Kier alpha value is -3.22. The highest BCUT2D eigenvalue weighted by molar-refractivity contribution is 6.02. The van der Waals surface area contributed by atoms with Crippen molar-refractivity contribution in [2.45, 2.75) is 6.54 Å². The Balaban J connectivity index is 1.66. The van der Waals surface area contributed by atoms with E-state index in [-0.39, 0.29) is 11.5 Å². The zero-order valence-electron chi connectivity index (χ0n) is 12.0. The van der Waals surface area contributed by atoms with Gasteiger partial charge >= 0.3 is 0 Å². The fraction of sp³-hybridized carbons (Fsp3) is 0.0625. The largest absolute Gasteiger partial charge is 0.467 e. The van der Waals surface area contributed by atoms with Gasteiger partial charge in [-0.05, 0) is 42.5 Å². The van der Waals surface area contributed by atoms with E-state index in [0.717, 1.165) is 5.76 Å². The molecule has 0 saturated carbocycles. The van der Waals surface area contributed by atoms with Crippen molar-refractivity contribution in [1.29, 1.82) is 0 Å². The number of halogens is 1. The normalized spacial score (nSPS) is 10.3. The van der Waals surface area contributed by atoms with E-state index < -0.39 is 5.91 Å². The van der Waals surface area contributed by atoms with Crippen LogP contribution in [0.3, 0.4) is 0 Å². The van der Waals surface area contributed by atoms with Crippen LogP contribution in [-0.2, 0) is 6.54 Å². The molecule has 0 saturated heterocycles. The molecule has 3 aromatic rings. The summed E-state index contributed by atoms with van der Waals surface area (Å²) in [5, 5.41) is 5.61. The number of carbonyl (C=O) groups is 1. The molecule has 23 heavy (non-hydrogen) atoms. The molecule has 1 amide bonds. The Labute approximate surface area is 131 Å². The number of anilines is 2. The molecule has 2 N–H and O–H groups in total. The monoisotopic (exact) mass is 312 g/mol. The maximum absolute atomic E-state index is 12.9. The molecule has 0 aliphatic carbocycles. The SMILES string of the molecule is O=C(Nc1ccc(F)cc1)c1ccnc(NCc2ccco2)n1. The lowest BCUT2D eigenvalue weighted by atomic mass is 10.3. The second-order valence-corrected chi connectivity index (χ2v) is 4.66. The van der Waals surface area contributed by atoms with E-state index in [1.807, 2.05) is 6.07 Å². The van der Waals surface area contributed by atoms with E-state index in [0.29, 0.717) is 18.2 Å². The Morgan fingerprint density at radius 3 is 2.74 bits per heavy atom. The molecule has 0 atom stereocenters. The smallest absolute Gasteiger partial charge is 0.274 e. The minimum Gasteiger partial charge on any atom is -0.467 e. The number of nitrogens with one attached hydrogen (secondary N) is 2. The predicted molar refractivity (Wildman–Crippen MR) is 82.4 cm³/mol. The summed E-state index contributed by atoms with van der Waals surface area (Å²) in [5.41, 5.74) is 0.686. The van der Waals surface area contributed by atoms with Crippen LogP contribution in [0.5, 0.6) is 0 Å². The second kappa shape index (κ2) is 6.69. The Morgan fingerprint density at radius 2 is 2.00 bits per heavy atom. The van der Waals surface area contributed by atoms with Crippen molar-refractivity contribution in [2.75, 3.05) is 10.6 Å². The van der Waals surface area contributed by atoms with Crippen LogP contribution in [0.25, 0.3) is 0 Å². The second-order valence-electron chi connectivity index (χ2n) is 4.66. The van der Waals surface area contributed by atoms with Gasteiger partial charge in [0.2, 0.25) is 5.95 Å². The Morgan fingerprint density at radius 1 is 1.17 bits per heavy atom. The number of hydrogen-bond acceptors (Lipinski definition) is 5. The number of rotatable bonds is 5. The first kappa shape index (κ1) is 14.7. The van der Waals surface area contributed by atoms with E-state index in [1.54, 1.807) is 12.3 Å². The topological polar surface area (TPSA) is 80.0 Å². The molecule has 0 aliphatic rings.